The van der Waals surface area contributed by atoms with Crippen molar-refractivity contribution in [1.82, 2.24) is 10.3 Å². The molecule has 1 aliphatic heterocycles. The third kappa shape index (κ3) is 3.74. The number of carbonyl (C=O) groups is 2. The SMILES string of the molecule is O=C(CC(=O)c1ccncc1)CC1CCNCC1. The van der Waals surface area contributed by atoms with Gasteiger partial charge < -0.3 is 5.32 Å². The Morgan fingerprint density at radius 3 is 2.56 bits per heavy atom. The minimum absolute atomic E-state index is 0.0218. The van der Waals surface area contributed by atoms with E-state index in [0.29, 0.717) is 17.9 Å². The molecule has 0 amide bonds. The van der Waals surface area contributed by atoms with E-state index in [1.54, 1.807) is 24.5 Å². The van der Waals surface area contributed by atoms with Crippen LogP contribution in [0, 0.1) is 5.92 Å². The van der Waals surface area contributed by atoms with Gasteiger partial charge in [0.15, 0.2) is 5.78 Å². The van der Waals surface area contributed by atoms with E-state index in [2.05, 4.69) is 10.3 Å². The van der Waals surface area contributed by atoms with Gasteiger partial charge in [-0.3, -0.25) is 14.6 Å². The van der Waals surface area contributed by atoms with Crippen LogP contribution < -0.4 is 5.32 Å². The molecule has 1 fully saturated rings. The second kappa shape index (κ2) is 6.40. The zero-order valence-corrected chi connectivity index (χ0v) is 10.4. The van der Waals surface area contributed by atoms with E-state index >= 15 is 0 Å². The van der Waals surface area contributed by atoms with E-state index in [1.165, 1.54) is 0 Å². The van der Waals surface area contributed by atoms with E-state index < -0.39 is 0 Å². The fourth-order valence-electron chi connectivity index (χ4n) is 2.30. The first-order valence-electron chi connectivity index (χ1n) is 6.41. The number of nitrogens with zero attached hydrogens (tertiary/aromatic N) is 1. The molecule has 2 rings (SSSR count). The monoisotopic (exact) mass is 246 g/mol. The number of hydrogen-bond donors (Lipinski definition) is 1. The lowest BCUT2D eigenvalue weighted by atomic mass is 9.91. The van der Waals surface area contributed by atoms with Crippen LogP contribution in [-0.4, -0.2) is 29.6 Å². The summed E-state index contributed by atoms with van der Waals surface area (Å²) in [6.07, 6.45) is 5.78. The number of piperidine rings is 1. The van der Waals surface area contributed by atoms with Crippen LogP contribution >= 0.6 is 0 Å². The maximum absolute atomic E-state index is 11.8. The smallest absolute Gasteiger partial charge is 0.170 e. The molecule has 4 heteroatoms. The first-order valence-corrected chi connectivity index (χ1v) is 6.41. The van der Waals surface area contributed by atoms with Gasteiger partial charge in [0.25, 0.3) is 0 Å². The van der Waals surface area contributed by atoms with E-state index in [1.807, 2.05) is 0 Å². The fourth-order valence-corrected chi connectivity index (χ4v) is 2.30. The predicted octanol–water partition coefficient (Wildman–Crippen LogP) is 1.61. The summed E-state index contributed by atoms with van der Waals surface area (Å²) in [4.78, 5) is 27.5. The summed E-state index contributed by atoms with van der Waals surface area (Å²) in [6.45, 7) is 1.96. The lowest BCUT2D eigenvalue weighted by Gasteiger charge is -2.21. The standard InChI is InChI=1S/C14H18N2O2/c17-13(9-11-1-5-15-6-2-11)10-14(18)12-3-7-16-8-4-12/h3-4,7-8,11,15H,1-2,5-6,9-10H2. The molecule has 0 aliphatic carbocycles. The number of aromatic nitrogens is 1. The largest absolute Gasteiger partial charge is 0.317 e. The maximum atomic E-state index is 11.8. The highest BCUT2D eigenvalue weighted by molar-refractivity contribution is 6.07. The van der Waals surface area contributed by atoms with Crippen molar-refractivity contribution >= 4 is 11.6 Å². The van der Waals surface area contributed by atoms with Gasteiger partial charge in [0, 0.05) is 24.4 Å². The molecular formula is C14H18N2O2. The highest BCUT2D eigenvalue weighted by Gasteiger charge is 2.19. The molecule has 1 aromatic heterocycles. The van der Waals surface area contributed by atoms with Gasteiger partial charge in [-0.2, -0.15) is 0 Å². The number of nitrogens with one attached hydrogen (secondary N) is 1. The maximum Gasteiger partial charge on any atom is 0.170 e. The van der Waals surface area contributed by atoms with E-state index in [4.69, 9.17) is 0 Å². The third-order valence-electron chi connectivity index (χ3n) is 3.34. The van der Waals surface area contributed by atoms with Crippen LogP contribution in [0.5, 0.6) is 0 Å². The van der Waals surface area contributed by atoms with Crippen molar-refractivity contribution in [2.75, 3.05) is 13.1 Å². The van der Waals surface area contributed by atoms with E-state index in [0.717, 1.165) is 25.9 Å². The molecule has 0 unspecified atom stereocenters. The summed E-state index contributed by atoms with van der Waals surface area (Å²) in [6, 6.07) is 3.31. The van der Waals surface area contributed by atoms with E-state index in [-0.39, 0.29) is 18.0 Å². The Hall–Kier alpha value is -1.55. The first kappa shape index (κ1) is 12.9. The summed E-state index contributed by atoms with van der Waals surface area (Å²) in [5, 5.41) is 3.27. The van der Waals surface area contributed by atoms with Crippen LogP contribution in [0.4, 0.5) is 0 Å². The van der Waals surface area contributed by atoms with Crippen molar-refractivity contribution in [3.8, 4) is 0 Å². The van der Waals surface area contributed by atoms with Gasteiger partial charge in [0.1, 0.15) is 5.78 Å². The minimum atomic E-state index is -0.101. The van der Waals surface area contributed by atoms with Crippen molar-refractivity contribution in [3.63, 3.8) is 0 Å². The highest BCUT2D eigenvalue weighted by Crippen LogP contribution is 2.17. The number of carbonyl (C=O) groups excluding carboxylic acids is 2. The van der Waals surface area contributed by atoms with Gasteiger partial charge in [-0.15, -0.1) is 0 Å². The second-order valence-corrected chi connectivity index (χ2v) is 4.77. The summed E-state index contributed by atoms with van der Waals surface area (Å²) in [5.74, 6) is 0.407. The number of pyridine rings is 1. The Kier molecular flexibility index (Phi) is 4.59. The topological polar surface area (TPSA) is 59.1 Å². The van der Waals surface area contributed by atoms with Crippen molar-refractivity contribution in [3.05, 3.63) is 30.1 Å². The van der Waals surface area contributed by atoms with Gasteiger partial charge in [-0.05, 0) is 44.0 Å². The average Bonchev–Trinajstić information content (AvgIpc) is 2.40. The van der Waals surface area contributed by atoms with Gasteiger partial charge in [0.05, 0.1) is 6.42 Å². The van der Waals surface area contributed by atoms with Crippen LogP contribution in [0.3, 0.4) is 0 Å². The minimum Gasteiger partial charge on any atom is -0.317 e. The molecule has 0 radical (unpaired) electrons. The normalized spacial score (nSPS) is 16.4. The Morgan fingerprint density at radius 2 is 1.89 bits per heavy atom. The van der Waals surface area contributed by atoms with Crippen molar-refractivity contribution in [1.29, 1.82) is 0 Å². The summed E-state index contributed by atoms with van der Waals surface area (Å²) >= 11 is 0. The zero-order valence-electron chi connectivity index (χ0n) is 10.4. The number of ketones is 2. The molecule has 96 valence electrons. The fraction of sp³-hybridized carbons (Fsp3) is 0.500. The number of Topliss-reactive ketones (excluding diaryl/α,β-unsaturated/α-hetero) is 2. The van der Waals surface area contributed by atoms with Gasteiger partial charge in [0.2, 0.25) is 0 Å². The lowest BCUT2D eigenvalue weighted by molar-refractivity contribution is -0.119. The van der Waals surface area contributed by atoms with Crippen LogP contribution in [0.1, 0.15) is 36.0 Å². The van der Waals surface area contributed by atoms with Gasteiger partial charge in [-0.1, -0.05) is 0 Å². The van der Waals surface area contributed by atoms with Crippen molar-refractivity contribution in [2.45, 2.75) is 25.7 Å². The summed E-state index contributed by atoms with van der Waals surface area (Å²) < 4.78 is 0. The Morgan fingerprint density at radius 1 is 1.22 bits per heavy atom. The van der Waals surface area contributed by atoms with Crippen molar-refractivity contribution in [2.24, 2.45) is 5.92 Å². The predicted molar refractivity (Wildman–Crippen MR) is 68.4 cm³/mol. The van der Waals surface area contributed by atoms with Gasteiger partial charge >= 0.3 is 0 Å². The Bertz CT molecular complexity index is 411. The molecule has 0 bridgehead atoms. The lowest BCUT2D eigenvalue weighted by Crippen LogP contribution is -2.29. The molecule has 1 saturated heterocycles. The highest BCUT2D eigenvalue weighted by atomic mass is 16.1. The molecule has 1 aromatic rings. The quantitative estimate of drug-likeness (QED) is 0.633. The number of rotatable bonds is 5. The third-order valence-corrected chi connectivity index (χ3v) is 3.34. The van der Waals surface area contributed by atoms with Gasteiger partial charge in [-0.25, -0.2) is 0 Å². The van der Waals surface area contributed by atoms with Crippen LogP contribution in [0.25, 0.3) is 0 Å². The molecule has 0 aromatic carbocycles. The summed E-state index contributed by atoms with van der Waals surface area (Å²) in [5.41, 5.74) is 0.573. The van der Waals surface area contributed by atoms with E-state index in [9.17, 15) is 9.59 Å². The van der Waals surface area contributed by atoms with Crippen LogP contribution in [0.15, 0.2) is 24.5 Å². The first-order chi connectivity index (χ1) is 8.75. The molecule has 2 heterocycles. The molecule has 0 saturated carbocycles. The van der Waals surface area contributed by atoms with Crippen molar-refractivity contribution < 1.29 is 9.59 Å². The number of hydrogen-bond acceptors (Lipinski definition) is 4. The zero-order chi connectivity index (χ0) is 12.8. The van der Waals surface area contributed by atoms with Crippen LogP contribution in [-0.2, 0) is 4.79 Å². The van der Waals surface area contributed by atoms with Crippen LogP contribution in [0.2, 0.25) is 0 Å². The average molecular weight is 246 g/mol. The second-order valence-electron chi connectivity index (χ2n) is 4.77. The Labute approximate surface area is 107 Å². The molecular weight excluding hydrogens is 228 g/mol. The molecule has 1 N–H and O–H groups in total. The molecule has 18 heavy (non-hydrogen) atoms. The molecule has 0 atom stereocenters. The molecule has 0 spiro atoms. The Balaban J connectivity index is 1.82. The molecule has 4 nitrogen and oxygen atoms in total. The molecule has 1 aliphatic rings. The summed E-state index contributed by atoms with van der Waals surface area (Å²) in [7, 11) is 0.